The zero-order valence-corrected chi connectivity index (χ0v) is 20.1. The molecule has 6 N–H and O–H groups in total. The van der Waals surface area contributed by atoms with Gasteiger partial charge in [0.15, 0.2) is 0 Å². The topological polar surface area (TPSA) is 136 Å². The van der Waals surface area contributed by atoms with Gasteiger partial charge >= 0.3 is 0 Å². The van der Waals surface area contributed by atoms with E-state index in [1.54, 1.807) is 13.1 Å². The van der Waals surface area contributed by atoms with Crippen LogP contribution in [0.25, 0.3) is 0 Å². The number of amides is 1. The fourth-order valence-electron chi connectivity index (χ4n) is 3.22. The predicted molar refractivity (Wildman–Crippen MR) is 127 cm³/mol. The Morgan fingerprint density at radius 2 is 1.94 bits per heavy atom. The Balaban J connectivity index is 2.26. The normalized spacial score (nSPS) is 19.1. The van der Waals surface area contributed by atoms with Crippen molar-refractivity contribution in [3.8, 4) is 11.5 Å². The van der Waals surface area contributed by atoms with Gasteiger partial charge in [0.05, 0.1) is 46.3 Å². The van der Waals surface area contributed by atoms with Crippen molar-refractivity contribution in [1.82, 2.24) is 10.6 Å². The van der Waals surface area contributed by atoms with Gasteiger partial charge in [-0.2, -0.15) is 0 Å². The third-order valence-electron chi connectivity index (χ3n) is 5.00. The van der Waals surface area contributed by atoms with Gasteiger partial charge in [-0.1, -0.05) is 23.2 Å². The number of carbonyl (C=O) groups excluding carboxylic acids is 1. The summed E-state index contributed by atoms with van der Waals surface area (Å²) in [4.78, 5) is 18.2. The maximum absolute atomic E-state index is 12.6. The van der Waals surface area contributed by atoms with Crippen molar-refractivity contribution in [3.63, 3.8) is 0 Å². The molecule has 1 aromatic rings. The molecule has 1 aromatic carbocycles. The molecular weight excluding hydrogens is 459 g/mol. The number of rotatable bonds is 9. The summed E-state index contributed by atoms with van der Waals surface area (Å²) in [6, 6.07) is 1.50. The number of ether oxygens (including phenoxy) is 3. The van der Waals surface area contributed by atoms with Gasteiger partial charge in [-0.3, -0.25) is 15.1 Å². The zero-order chi connectivity index (χ0) is 23.8. The van der Waals surface area contributed by atoms with Crippen molar-refractivity contribution in [2.24, 2.45) is 16.5 Å². The fourth-order valence-corrected chi connectivity index (χ4v) is 3.92. The van der Waals surface area contributed by atoms with Crippen LogP contribution in [0.1, 0.15) is 6.92 Å². The molecule has 2 unspecified atom stereocenters. The molecule has 32 heavy (non-hydrogen) atoms. The van der Waals surface area contributed by atoms with E-state index in [9.17, 15) is 4.79 Å². The smallest absolute Gasteiger partial charge is 0.224 e. The first-order valence-corrected chi connectivity index (χ1v) is 10.6. The number of benzene rings is 1. The molecule has 0 bridgehead atoms. The SMILES string of the molecule is CN=C(NCNC1COCC1N)/C(=C\N)CN(C(C)=O)c1c(Cl)c(OC)cc(OC)c1Cl. The molecule has 1 aliphatic rings. The van der Waals surface area contributed by atoms with Gasteiger partial charge in [-0.05, 0) is 0 Å². The fraction of sp³-hybridized carbons (Fsp3) is 0.500. The van der Waals surface area contributed by atoms with Crippen molar-refractivity contribution in [3.05, 3.63) is 27.9 Å². The van der Waals surface area contributed by atoms with Crippen LogP contribution in [0.2, 0.25) is 10.0 Å². The Labute approximate surface area is 197 Å². The van der Waals surface area contributed by atoms with Crippen LogP contribution in [-0.4, -0.2) is 71.5 Å². The Morgan fingerprint density at radius 3 is 2.38 bits per heavy atom. The number of methoxy groups -OCH3 is 2. The summed E-state index contributed by atoms with van der Waals surface area (Å²) in [6.45, 7) is 2.87. The highest BCUT2D eigenvalue weighted by atomic mass is 35.5. The summed E-state index contributed by atoms with van der Waals surface area (Å²) in [6.07, 6.45) is 1.37. The van der Waals surface area contributed by atoms with E-state index in [2.05, 4.69) is 15.6 Å². The Bertz CT molecular complexity index is 852. The van der Waals surface area contributed by atoms with Crippen LogP contribution in [0.15, 0.2) is 22.8 Å². The maximum Gasteiger partial charge on any atom is 0.224 e. The molecule has 1 aliphatic heterocycles. The van der Waals surface area contributed by atoms with Gasteiger partial charge in [-0.15, -0.1) is 0 Å². The van der Waals surface area contributed by atoms with Crippen LogP contribution in [0.4, 0.5) is 5.69 Å². The summed E-state index contributed by atoms with van der Waals surface area (Å²) < 4.78 is 16.0. The summed E-state index contributed by atoms with van der Waals surface area (Å²) in [5.74, 6) is 0.801. The molecule has 178 valence electrons. The number of aliphatic imine (C=N–C) groups is 1. The quantitative estimate of drug-likeness (QED) is 0.230. The first kappa shape index (κ1) is 26.0. The van der Waals surface area contributed by atoms with E-state index in [0.717, 1.165) is 0 Å². The average Bonchev–Trinajstić information content (AvgIpc) is 3.18. The molecule has 2 atom stereocenters. The average molecular weight is 489 g/mol. The zero-order valence-electron chi connectivity index (χ0n) is 18.6. The number of halogens is 2. The lowest BCUT2D eigenvalue weighted by atomic mass is 10.2. The monoisotopic (exact) mass is 488 g/mol. The minimum Gasteiger partial charge on any atom is -0.495 e. The summed E-state index contributed by atoms with van der Waals surface area (Å²) >= 11 is 13.0. The first-order chi connectivity index (χ1) is 15.3. The van der Waals surface area contributed by atoms with Crippen molar-refractivity contribution in [1.29, 1.82) is 0 Å². The number of nitrogens with zero attached hydrogens (tertiary/aromatic N) is 2. The van der Waals surface area contributed by atoms with Crippen LogP contribution in [0, 0.1) is 0 Å². The minimum atomic E-state index is -0.314. The van der Waals surface area contributed by atoms with E-state index in [1.165, 1.54) is 32.2 Å². The Morgan fingerprint density at radius 1 is 1.31 bits per heavy atom. The first-order valence-electron chi connectivity index (χ1n) is 9.85. The molecule has 0 aliphatic carbocycles. The Hall–Kier alpha value is -2.24. The van der Waals surface area contributed by atoms with E-state index in [0.29, 0.717) is 42.8 Å². The number of hydrogen-bond acceptors (Lipinski definition) is 8. The lowest BCUT2D eigenvalue weighted by Gasteiger charge is -2.27. The second-order valence-electron chi connectivity index (χ2n) is 6.99. The van der Waals surface area contributed by atoms with Crippen LogP contribution < -0.4 is 36.5 Å². The van der Waals surface area contributed by atoms with Gasteiger partial charge < -0.3 is 35.9 Å². The number of hydrogen-bond donors (Lipinski definition) is 4. The molecule has 0 saturated carbocycles. The van der Waals surface area contributed by atoms with Gasteiger partial charge in [0.25, 0.3) is 0 Å². The van der Waals surface area contributed by atoms with E-state index < -0.39 is 0 Å². The van der Waals surface area contributed by atoms with E-state index in [4.69, 9.17) is 48.9 Å². The standard InChI is InChI=1S/C20H30Cl2N6O4/c1-11(29)28(19-17(21)15(30-3)5-16(31-4)18(19)22)7-12(6-23)20(25-2)27-10-26-14-9-32-8-13(14)24/h5-6,13-14,26H,7-10,23-24H2,1-4H3,(H,25,27)/b12-6-. The molecular formula is C20H30Cl2N6O4. The summed E-state index contributed by atoms with van der Waals surface area (Å²) in [7, 11) is 4.53. The molecule has 12 heteroatoms. The molecule has 1 amide bonds. The van der Waals surface area contributed by atoms with E-state index >= 15 is 0 Å². The molecule has 0 aromatic heterocycles. The van der Waals surface area contributed by atoms with Gasteiger partial charge in [0.1, 0.15) is 27.4 Å². The second-order valence-corrected chi connectivity index (χ2v) is 7.75. The van der Waals surface area contributed by atoms with Crippen molar-refractivity contribution < 1.29 is 19.0 Å². The highest BCUT2D eigenvalue weighted by Crippen LogP contribution is 2.46. The molecule has 2 rings (SSSR count). The number of nitrogens with two attached hydrogens (primary N) is 2. The molecule has 1 saturated heterocycles. The molecule has 0 radical (unpaired) electrons. The van der Waals surface area contributed by atoms with E-state index in [1.807, 2.05) is 0 Å². The molecule has 1 fully saturated rings. The predicted octanol–water partition coefficient (Wildman–Crippen LogP) is 1.10. The number of carbonyl (C=O) groups is 1. The van der Waals surface area contributed by atoms with Crippen molar-refractivity contribution >= 4 is 40.6 Å². The lowest BCUT2D eigenvalue weighted by molar-refractivity contribution is -0.116. The van der Waals surface area contributed by atoms with Gasteiger partial charge in [0, 0.05) is 43.9 Å². The van der Waals surface area contributed by atoms with Crippen LogP contribution in [-0.2, 0) is 9.53 Å². The van der Waals surface area contributed by atoms with E-state index in [-0.39, 0.29) is 40.3 Å². The number of nitrogens with one attached hydrogen (secondary N) is 2. The van der Waals surface area contributed by atoms with Crippen molar-refractivity contribution in [2.45, 2.75) is 19.0 Å². The highest BCUT2D eigenvalue weighted by molar-refractivity contribution is 6.41. The lowest BCUT2D eigenvalue weighted by Crippen LogP contribution is -2.49. The number of amidine groups is 1. The Kier molecular flexibility index (Phi) is 9.85. The largest absolute Gasteiger partial charge is 0.495 e. The molecule has 10 nitrogen and oxygen atoms in total. The van der Waals surface area contributed by atoms with Crippen LogP contribution in [0.3, 0.4) is 0 Å². The summed E-state index contributed by atoms with van der Waals surface area (Å²) in [5, 5.41) is 6.77. The highest BCUT2D eigenvalue weighted by Gasteiger charge is 2.27. The minimum absolute atomic E-state index is 0.0292. The molecule has 1 heterocycles. The molecule has 0 spiro atoms. The van der Waals surface area contributed by atoms with Gasteiger partial charge in [0.2, 0.25) is 5.91 Å². The van der Waals surface area contributed by atoms with Crippen molar-refractivity contribution in [2.75, 3.05) is 52.6 Å². The third kappa shape index (κ3) is 5.96. The van der Waals surface area contributed by atoms with Crippen LogP contribution >= 0.6 is 23.2 Å². The third-order valence-corrected chi connectivity index (χ3v) is 5.73. The van der Waals surface area contributed by atoms with Gasteiger partial charge in [-0.25, -0.2) is 0 Å². The van der Waals surface area contributed by atoms with Crippen LogP contribution in [0.5, 0.6) is 11.5 Å². The number of anilines is 1. The summed E-state index contributed by atoms with van der Waals surface area (Å²) in [5.41, 5.74) is 12.7. The maximum atomic E-state index is 12.6. The second kappa shape index (κ2) is 12.1.